The van der Waals surface area contributed by atoms with Crippen molar-refractivity contribution in [2.24, 2.45) is 4.99 Å². The fourth-order valence-electron chi connectivity index (χ4n) is 3.58. The summed E-state index contributed by atoms with van der Waals surface area (Å²) in [6.45, 7) is 2.41. The van der Waals surface area contributed by atoms with E-state index in [1.54, 1.807) is 73.8 Å². The second-order valence-corrected chi connectivity index (χ2v) is 8.49. The van der Waals surface area contributed by atoms with Crippen LogP contribution < -0.4 is 10.2 Å². The van der Waals surface area contributed by atoms with Crippen molar-refractivity contribution in [1.29, 1.82) is 0 Å². The molecular formula is C27H24ClN3O4. The molecule has 0 saturated heterocycles. The van der Waals surface area contributed by atoms with E-state index in [0.717, 1.165) is 18.5 Å². The lowest BCUT2D eigenvalue weighted by molar-refractivity contribution is -0.111. The Kier molecular flexibility index (Phi) is 7.27. The predicted octanol–water partition coefficient (Wildman–Crippen LogP) is 5.65. The first kappa shape index (κ1) is 24.2. The maximum Gasteiger partial charge on any atom is 0.338 e. The molecule has 3 aromatic carbocycles. The van der Waals surface area contributed by atoms with E-state index in [2.05, 4.69) is 10.3 Å². The Morgan fingerprint density at radius 2 is 1.69 bits per heavy atom. The van der Waals surface area contributed by atoms with Gasteiger partial charge in [0.05, 0.1) is 23.5 Å². The molecule has 1 heterocycles. The van der Waals surface area contributed by atoms with E-state index in [1.165, 1.54) is 4.90 Å². The summed E-state index contributed by atoms with van der Waals surface area (Å²) in [6, 6.07) is 18.4. The van der Waals surface area contributed by atoms with Gasteiger partial charge < -0.3 is 15.0 Å². The number of hydrogen-bond acceptors (Lipinski definition) is 5. The lowest BCUT2D eigenvalue weighted by atomic mass is 10.1. The van der Waals surface area contributed by atoms with Crippen molar-refractivity contribution in [2.45, 2.75) is 19.8 Å². The van der Waals surface area contributed by atoms with E-state index < -0.39 is 0 Å². The molecule has 1 aliphatic heterocycles. The third-order valence-corrected chi connectivity index (χ3v) is 5.80. The van der Waals surface area contributed by atoms with Gasteiger partial charge in [0.25, 0.3) is 11.8 Å². The summed E-state index contributed by atoms with van der Waals surface area (Å²) >= 11 is 6.11. The van der Waals surface area contributed by atoms with Gasteiger partial charge in [0.2, 0.25) is 0 Å². The van der Waals surface area contributed by atoms with E-state index in [9.17, 15) is 14.4 Å². The number of nitrogens with zero attached hydrogens (tertiary/aromatic N) is 2. The number of benzene rings is 3. The number of esters is 1. The van der Waals surface area contributed by atoms with Crippen LogP contribution in [0.15, 0.2) is 71.7 Å². The molecule has 0 radical (unpaired) electrons. The number of rotatable bonds is 7. The van der Waals surface area contributed by atoms with Crippen LogP contribution >= 0.6 is 11.6 Å². The Labute approximate surface area is 208 Å². The topological polar surface area (TPSA) is 88.1 Å². The maximum atomic E-state index is 12.6. The quantitative estimate of drug-likeness (QED) is 0.343. The van der Waals surface area contributed by atoms with E-state index >= 15 is 0 Å². The number of amides is 2. The standard InChI is InChI=1S/C27H24ClN3O4/c1-3-4-15-35-27(34)18-7-12-21(13-8-18)30-25(32)17-5-10-20(11-6-17)29-24-22-16-19(28)9-14-23(22)31(2)26(24)33/h5-14,16H,3-4,15H2,1-2H3,(H,30,32). The molecule has 0 aromatic heterocycles. The number of fused-ring (bicyclic) bond motifs is 1. The highest BCUT2D eigenvalue weighted by Crippen LogP contribution is 2.32. The van der Waals surface area contributed by atoms with Crippen molar-refractivity contribution >= 4 is 52.2 Å². The normalized spacial score (nSPS) is 13.6. The molecular weight excluding hydrogens is 466 g/mol. The summed E-state index contributed by atoms with van der Waals surface area (Å²) in [6.07, 6.45) is 1.77. The number of likely N-dealkylation sites (N-methyl/N-ethyl adjacent to an activating group) is 1. The predicted molar refractivity (Wildman–Crippen MR) is 137 cm³/mol. The fourth-order valence-corrected chi connectivity index (χ4v) is 3.76. The van der Waals surface area contributed by atoms with E-state index in [0.29, 0.717) is 45.4 Å². The SMILES string of the molecule is CCCCOC(=O)c1ccc(NC(=O)c2ccc(N=C3C(=O)N(C)c4ccc(Cl)cc43)cc2)cc1. The summed E-state index contributed by atoms with van der Waals surface area (Å²) in [4.78, 5) is 43.3. The smallest absolute Gasteiger partial charge is 0.338 e. The molecule has 0 aliphatic carbocycles. The van der Waals surface area contributed by atoms with Gasteiger partial charge in [-0.05, 0) is 73.2 Å². The molecule has 1 aliphatic rings. The summed E-state index contributed by atoms with van der Waals surface area (Å²) < 4.78 is 5.19. The Morgan fingerprint density at radius 3 is 2.37 bits per heavy atom. The molecule has 0 unspecified atom stereocenters. The molecule has 0 bridgehead atoms. The number of unbranched alkanes of at least 4 members (excludes halogenated alkanes) is 1. The van der Waals surface area contributed by atoms with Crippen molar-refractivity contribution in [3.8, 4) is 0 Å². The first-order chi connectivity index (χ1) is 16.9. The van der Waals surface area contributed by atoms with Crippen molar-refractivity contribution in [1.82, 2.24) is 0 Å². The number of anilines is 2. The van der Waals surface area contributed by atoms with Crippen LogP contribution in [0.2, 0.25) is 5.02 Å². The van der Waals surface area contributed by atoms with Gasteiger partial charge in [0, 0.05) is 28.9 Å². The monoisotopic (exact) mass is 489 g/mol. The number of carbonyl (C=O) groups is 3. The summed E-state index contributed by atoms with van der Waals surface area (Å²) in [5.41, 5.74) is 3.66. The van der Waals surface area contributed by atoms with Crippen LogP contribution in [0, 0.1) is 0 Å². The maximum absolute atomic E-state index is 12.6. The number of ether oxygens (including phenoxy) is 1. The van der Waals surface area contributed by atoms with Crippen molar-refractivity contribution in [2.75, 3.05) is 23.9 Å². The van der Waals surface area contributed by atoms with Crippen LogP contribution in [0.4, 0.5) is 17.1 Å². The van der Waals surface area contributed by atoms with E-state index in [-0.39, 0.29) is 17.8 Å². The Balaban J connectivity index is 1.43. The first-order valence-electron chi connectivity index (χ1n) is 11.2. The minimum Gasteiger partial charge on any atom is -0.462 e. The van der Waals surface area contributed by atoms with Gasteiger partial charge in [0.15, 0.2) is 0 Å². The zero-order valence-electron chi connectivity index (χ0n) is 19.4. The third kappa shape index (κ3) is 5.41. The Bertz CT molecular complexity index is 1300. The highest BCUT2D eigenvalue weighted by molar-refractivity contribution is 6.55. The number of nitrogens with one attached hydrogen (secondary N) is 1. The average molecular weight is 490 g/mol. The van der Waals surface area contributed by atoms with Crippen LogP contribution in [-0.4, -0.2) is 37.1 Å². The van der Waals surface area contributed by atoms with Crippen LogP contribution in [0.1, 0.15) is 46.0 Å². The minimum absolute atomic E-state index is 0.221. The lowest BCUT2D eigenvalue weighted by Gasteiger charge is -2.08. The Morgan fingerprint density at radius 1 is 1.00 bits per heavy atom. The zero-order valence-corrected chi connectivity index (χ0v) is 20.1. The minimum atomic E-state index is -0.384. The Hall–Kier alpha value is -3.97. The molecule has 1 N–H and O–H groups in total. The van der Waals surface area contributed by atoms with Gasteiger partial charge in [-0.15, -0.1) is 0 Å². The molecule has 35 heavy (non-hydrogen) atoms. The highest BCUT2D eigenvalue weighted by atomic mass is 35.5. The van der Waals surface area contributed by atoms with Gasteiger partial charge in [-0.3, -0.25) is 9.59 Å². The average Bonchev–Trinajstić information content (AvgIpc) is 3.09. The van der Waals surface area contributed by atoms with Crippen molar-refractivity contribution in [3.63, 3.8) is 0 Å². The first-order valence-corrected chi connectivity index (χ1v) is 11.6. The highest BCUT2D eigenvalue weighted by Gasteiger charge is 2.31. The van der Waals surface area contributed by atoms with Crippen LogP contribution in [0.25, 0.3) is 0 Å². The molecule has 0 saturated carbocycles. The lowest BCUT2D eigenvalue weighted by Crippen LogP contribution is -2.25. The number of halogens is 1. The number of hydrogen-bond donors (Lipinski definition) is 1. The van der Waals surface area contributed by atoms with Gasteiger partial charge >= 0.3 is 5.97 Å². The molecule has 178 valence electrons. The van der Waals surface area contributed by atoms with Crippen LogP contribution in [-0.2, 0) is 9.53 Å². The summed E-state index contributed by atoms with van der Waals surface area (Å²) in [5, 5.41) is 3.32. The third-order valence-electron chi connectivity index (χ3n) is 5.56. The van der Waals surface area contributed by atoms with Gasteiger partial charge in [0.1, 0.15) is 5.71 Å². The van der Waals surface area contributed by atoms with Crippen molar-refractivity contribution in [3.05, 3.63) is 88.4 Å². The van der Waals surface area contributed by atoms with Crippen LogP contribution in [0.3, 0.4) is 0 Å². The van der Waals surface area contributed by atoms with Crippen LogP contribution in [0.5, 0.6) is 0 Å². The second kappa shape index (κ2) is 10.5. The molecule has 7 nitrogen and oxygen atoms in total. The second-order valence-electron chi connectivity index (χ2n) is 8.05. The number of aliphatic imine (C=N–C) groups is 1. The zero-order chi connectivity index (χ0) is 24.9. The molecule has 0 fully saturated rings. The largest absolute Gasteiger partial charge is 0.462 e. The van der Waals surface area contributed by atoms with Gasteiger partial charge in [-0.25, -0.2) is 9.79 Å². The van der Waals surface area contributed by atoms with Crippen molar-refractivity contribution < 1.29 is 19.1 Å². The van der Waals surface area contributed by atoms with Gasteiger partial charge in [-0.1, -0.05) is 24.9 Å². The van der Waals surface area contributed by atoms with E-state index in [4.69, 9.17) is 16.3 Å². The summed E-state index contributed by atoms with van der Waals surface area (Å²) in [5.74, 6) is -0.913. The molecule has 0 spiro atoms. The molecule has 8 heteroatoms. The van der Waals surface area contributed by atoms with Gasteiger partial charge in [-0.2, -0.15) is 0 Å². The molecule has 0 atom stereocenters. The number of carbonyl (C=O) groups excluding carboxylic acids is 3. The fraction of sp³-hybridized carbons (Fsp3) is 0.185. The molecule has 2 amide bonds. The molecule has 4 rings (SSSR count). The summed E-state index contributed by atoms with van der Waals surface area (Å²) in [7, 11) is 1.69. The molecule has 3 aromatic rings. The van der Waals surface area contributed by atoms with E-state index in [1.807, 2.05) is 6.92 Å².